The molecule has 8 nitrogen and oxygen atoms in total. The molecular formula is C24H22N4O4. The molecule has 3 aromatic rings. The van der Waals surface area contributed by atoms with Crippen molar-refractivity contribution in [2.75, 3.05) is 17.2 Å². The Balaban J connectivity index is 1.59. The van der Waals surface area contributed by atoms with Crippen LogP contribution in [0.5, 0.6) is 5.75 Å². The Labute approximate surface area is 185 Å². The summed E-state index contributed by atoms with van der Waals surface area (Å²) < 4.78 is 5.36. The molecule has 0 bridgehead atoms. The molecule has 0 unspecified atom stereocenters. The van der Waals surface area contributed by atoms with Crippen LogP contribution < -0.4 is 20.8 Å². The SMILES string of the molecule is CCOc1ccc(C=NNC(=O)C(=O)Nc2ccccc2C(=O)Nc2ccccc2)cc1. The van der Waals surface area contributed by atoms with Gasteiger partial charge in [-0.3, -0.25) is 14.4 Å². The third kappa shape index (κ3) is 6.27. The van der Waals surface area contributed by atoms with Crippen molar-refractivity contribution >= 4 is 35.3 Å². The summed E-state index contributed by atoms with van der Waals surface area (Å²) in [6.45, 7) is 2.46. The number of amides is 3. The van der Waals surface area contributed by atoms with Crippen molar-refractivity contribution in [3.8, 4) is 5.75 Å². The van der Waals surface area contributed by atoms with Crippen LogP contribution in [0.15, 0.2) is 84.0 Å². The maximum atomic E-state index is 12.6. The molecule has 3 amide bonds. The van der Waals surface area contributed by atoms with E-state index in [0.29, 0.717) is 12.3 Å². The molecule has 0 aliphatic heterocycles. The van der Waals surface area contributed by atoms with Crippen LogP contribution in [0, 0.1) is 0 Å². The molecule has 162 valence electrons. The zero-order chi connectivity index (χ0) is 22.8. The van der Waals surface area contributed by atoms with Gasteiger partial charge in [0.05, 0.1) is 24.1 Å². The van der Waals surface area contributed by atoms with Gasteiger partial charge in [-0.05, 0) is 61.0 Å². The largest absolute Gasteiger partial charge is 0.494 e. The van der Waals surface area contributed by atoms with Gasteiger partial charge in [-0.25, -0.2) is 5.43 Å². The van der Waals surface area contributed by atoms with E-state index in [1.807, 2.05) is 13.0 Å². The van der Waals surface area contributed by atoms with Gasteiger partial charge in [0.2, 0.25) is 0 Å². The standard InChI is InChI=1S/C24H22N4O4/c1-2-32-19-14-12-17(13-15-19)16-25-28-24(31)23(30)27-21-11-7-6-10-20(21)22(29)26-18-8-4-3-5-9-18/h3-16H,2H2,1H3,(H,26,29)(H,27,30)(H,28,31). The van der Waals surface area contributed by atoms with Crippen LogP contribution in [-0.2, 0) is 9.59 Å². The van der Waals surface area contributed by atoms with Gasteiger partial charge >= 0.3 is 11.8 Å². The number of hydrogen-bond donors (Lipinski definition) is 3. The van der Waals surface area contributed by atoms with Gasteiger partial charge in [0.25, 0.3) is 5.91 Å². The van der Waals surface area contributed by atoms with Gasteiger partial charge in [-0.2, -0.15) is 5.10 Å². The number of nitrogens with one attached hydrogen (secondary N) is 3. The molecule has 0 saturated carbocycles. The molecule has 3 rings (SSSR count). The lowest BCUT2D eigenvalue weighted by Gasteiger charge is -2.11. The fourth-order valence-corrected chi connectivity index (χ4v) is 2.72. The average molecular weight is 430 g/mol. The van der Waals surface area contributed by atoms with E-state index in [-0.39, 0.29) is 11.3 Å². The molecule has 32 heavy (non-hydrogen) atoms. The molecule has 0 saturated heterocycles. The van der Waals surface area contributed by atoms with Crippen LogP contribution in [0.25, 0.3) is 0 Å². The fraction of sp³-hybridized carbons (Fsp3) is 0.0833. The number of hydrazone groups is 1. The molecule has 3 aromatic carbocycles. The highest BCUT2D eigenvalue weighted by Gasteiger charge is 2.17. The van der Waals surface area contributed by atoms with Crippen molar-refractivity contribution in [3.63, 3.8) is 0 Å². The number of nitrogens with zero attached hydrogens (tertiary/aromatic N) is 1. The van der Waals surface area contributed by atoms with Gasteiger partial charge in [-0.1, -0.05) is 30.3 Å². The van der Waals surface area contributed by atoms with Crippen LogP contribution in [0.3, 0.4) is 0 Å². The third-order valence-corrected chi connectivity index (χ3v) is 4.23. The first-order valence-electron chi connectivity index (χ1n) is 9.89. The van der Waals surface area contributed by atoms with Crippen molar-refractivity contribution in [3.05, 3.63) is 90.0 Å². The molecule has 0 heterocycles. The molecule has 0 fully saturated rings. The number of carbonyl (C=O) groups is 3. The number of rotatable bonds is 7. The van der Waals surface area contributed by atoms with Gasteiger partial charge < -0.3 is 15.4 Å². The molecule has 3 N–H and O–H groups in total. The molecule has 0 aliphatic rings. The second kappa shape index (κ2) is 11.1. The molecular weight excluding hydrogens is 408 g/mol. The second-order valence-corrected chi connectivity index (χ2v) is 6.52. The van der Waals surface area contributed by atoms with Crippen LogP contribution in [0.2, 0.25) is 0 Å². The Hall–Kier alpha value is -4.46. The van der Waals surface area contributed by atoms with Crippen molar-refractivity contribution in [2.24, 2.45) is 5.10 Å². The van der Waals surface area contributed by atoms with E-state index < -0.39 is 17.7 Å². The van der Waals surface area contributed by atoms with Gasteiger partial charge in [0.1, 0.15) is 5.75 Å². The van der Waals surface area contributed by atoms with E-state index in [0.717, 1.165) is 11.3 Å². The highest BCUT2D eigenvalue weighted by molar-refractivity contribution is 6.40. The number of anilines is 2. The molecule has 0 radical (unpaired) electrons. The summed E-state index contributed by atoms with van der Waals surface area (Å²) in [5, 5.41) is 8.97. The smallest absolute Gasteiger partial charge is 0.329 e. The van der Waals surface area contributed by atoms with E-state index in [1.165, 1.54) is 12.3 Å². The lowest BCUT2D eigenvalue weighted by molar-refractivity contribution is -0.136. The molecule has 0 spiro atoms. The first kappa shape index (κ1) is 22.2. The monoisotopic (exact) mass is 430 g/mol. The zero-order valence-electron chi connectivity index (χ0n) is 17.4. The number of carbonyl (C=O) groups excluding carboxylic acids is 3. The topological polar surface area (TPSA) is 109 Å². The highest BCUT2D eigenvalue weighted by Crippen LogP contribution is 2.17. The minimum Gasteiger partial charge on any atom is -0.494 e. The highest BCUT2D eigenvalue weighted by atomic mass is 16.5. The maximum Gasteiger partial charge on any atom is 0.329 e. The van der Waals surface area contributed by atoms with Gasteiger partial charge in [0.15, 0.2) is 0 Å². The van der Waals surface area contributed by atoms with E-state index in [1.54, 1.807) is 66.7 Å². The number of ether oxygens (including phenoxy) is 1. The van der Waals surface area contributed by atoms with E-state index in [9.17, 15) is 14.4 Å². The predicted molar refractivity (Wildman–Crippen MR) is 123 cm³/mol. The Morgan fingerprint density at radius 2 is 1.53 bits per heavy atom. The summed E-state index contributed by atoms with van der Waals surface area (Å²) in [5.74, 6) is -1.61. The first-order valence-corrected chi connectivity index (χ1v) is 9.89. The normalized spacial score (nSPS) is 10.4. The Morgan fingerprint density at radius 1 is 0.844 bits per heavy atom. The van der Waals surface area contributed by atoms with Crippen LogP contribution in [0.1, 0.15) is 22.8 Å². The van der Waals surface area contributed by atoms with E-state index in [2.05, 4.69) is 21.2 Å². The van der Waals surface area contributed by atoms with Gasteiger partial charge in [-0.15, -0.1) is 0 Å². The summed E-state index contributed by atoms with van der Waals surface area (Å²) in [6, 6.07) is 22.4. The average Bonchev–Trinajstić information content (AvgIpc) is 2.81. The number of hydrogen-bond acceptors (Lipinski definition) is 5. The maximum absolute atomic E-state index is 12.6. The van der Waals surface area contributed by atoms with Crippen LogP contribution in [0.4, 0.5) is 11.4 Å². The number of benzene rings is 3. The second-order valence-electron chi connectivity index (χ2n) is 6.52. The van der Waals surface area contributed by atoms with Crippen LogP contribution >= 0.6 is 0 Å². The number of para-hydroxylation sites is 2. The molecule has 0 aliphatic carbocycles. The van der Waals surface area contributed by atoms with Crippen molar-refractivity contribution in [1.29, 1.82) is 0 Å². The molecule has 0 atom stereocenters. The van der Waals surface area contributed by atoms with Crippen molar-refractivity contribution in [1.82, 2.24) is 5.43 Å². The van der Waals surface area contributed by atoms with Crippen molar-refractivity contribution in [2.45, 2.75) is 6.92 Å². The minimum atomic E-state index is -0.967. The quantitative estimate of drug-likeness (QED) is 0.303. The van der Waals surface area contributed by atoms with E-state index >= 15 is 0 Å². The summed E-state index contributed by atoms with van der Waals surface area (Å²) in [6.07, 6.45) is 1.40. The van der Waals surface area contributed by atoms with Crippen LogP contribution in [-0.4, -0.2) is 30.5 Å². The summed E-state index contributed by atoms with van der Waals surface area (Å²) in [7, 11) is 0. The molecule has 0 aromatic heterocycles. The summed E-state index contributed by atoms with van der Waals surface area (Å²) in [4.78, 5) is 36.9. The summed E-state index contributed by atoms with van der Waals surface area (Å²) >= 11 is 0. The molecule has 8 heteroatoms. The predicted octanol–water partition coefficient (Wildman–Crippen LogP) is 3.43. The lowest BCUT2D eigenvalue weighted by Crippen LogP contribution is -2.33. The van der Waals surface area contributed by atoms with Gasteiger partial charge in [0, 0.05) is 5.69 Å². The lowest BCUT2D eigenvalue weighted by atomic mass is 10.1. The van der Waals surface area contributed by atoms with Crippen molar-refractivity contribution < 1.29 is 19.1 Å². The van der Waals surface area contributed by atoms with E-state index in [4.69, 9.17) is 4.74 Å². The minimum absolute atomic E-state index is 0.205. The zero-order valence-corrected chi connectivity index (χ0v) is 17.4. The Morgan fingerprint density at radius 3 is 2.25 bits per heavy atom. The fourth-order valence-electron chi connectivity index (χ4n) is 2.72. The third-order valence-electron chi connectivity index (χ3n) is 4.23. The Kier molecular flexibility index (Phi) is 7.69. The first-order chi connectivity index (χ1) is 15.6. The Bertz CT molecular complexity index is 1110. The summed E-state index contributed by atoms with van der Waals surface area (Å²) in [5.41, 5.74) is 3.92.